The highest BCUT2D eigenvalue weighted by Gasteiger charge is 2.22. The van der Waals surface area contributed by atoms with Gasteiger partial charge in [0, 0.05) is 18.6 Å². The van der Waals surface area contributed by atoms with Gasteiger partial charge in [0.25, 0.3) is 0 Å². The van der Waals surface area contributed by atoms with Gasteiger partial charge in [0.1, 0.15) is 0 Å². The first kappa shape index (κ1) is 12.2. The molecule has 2 rings (SSSR count). The molecule has 1 saturated heterocycles. The van der Waals surface area contributed by atoms with Gasteiger partial charge in [-0.1, -0.05) is 0 Å². The van der Waals surface area contributed by atoms with Crippen LogP contribution in [0.3, 0.4) is 0 Å². The van der Waals surface area contributed by atoms with Gasteiger partial charge >= 0.3 is 0 Å². The predicted molar refractivity (Wildman–Crippen MR) is 61.8 cm³/mol. The van der Waals surface area contributed by atoms with Crippen LogP contribution in [-0.2, 0) is 0 Å². The van der Waals surface area contributed by atoms with E-state index >= 15 is 0 Å². The molecular formula is C10H22ClN3. The molecule has 1 aliphatic carbocycles. The van der Waals surface area contributed by atoms with E-state index in [2.05, 4.69) is 10.6 Å². The number of hydrogen-bond acceptors (Lipinski definition) is 3. The van der Waals surface area contributed by atoms with Crippen LogP contribution in [0.1, 0.15) is 25.7 Å². The Balaban J connectivity index is 0.000000980. The highest BCUT2D eigenvalue weighted by molar-refractivity contribution is 5.85. The molecule has 0 bridgehead atoms. The Kier molecular flexibility index (Phi) is 5.17. The maximum absolute atomic E-state index is 5.87. The van der Waals surface area contributed by atoms with Crippen LogP contribution < -0.4 is 16.4 Å². The van der Waals surface area contributed by atoms with Crippen LogP contribution in [0.5, 0.6) is 0 Å². The monoisotopic (exact) mass is 219 g/mol. The van der Waals surface area contributed by atoms with Gasteiger partial charge in [-0.2, -0.15) is 0 Å². The molecular weight excluding hydrogens is 198 g/mol. The van der Waals surface area contributed by atoms with E-state index in [9.17, 15) is 0 Å². The van der Waals surface area contributed by atoms with Crippen molar-refractivity contribution in [3.8, 4) is 0 Å². The van der Waals surface area contributed by atoms with Crippen molar-refractivity contribution in [1.29, 1.82) is 0 Å². The summed E-state index contributed by atoms with van der Waals surface area (Å²) in [6.07, 6.45) is 5.08. The van der Waals surface area contributed by atoms with E-state index in [1.165, 1.54) is 38.8 Å². The largest absolute Gasteiger partial charge is 0.328 e. The quantitative estimate of drug-likeness (QED) is 0.648. The molecule has 2 fully saturated rings. The summed E-state index contributed by atoms with van der Waals surface area (Å²) in [5, 5.41) is 7.00. The summed E-state index contributed by atoms with van der Waals surface area (Å²) in [4.78, 5) is 0. The van der Waals surface area contributed by atoms with E-state index in [4.69, 9.17) is 5.73 Å². The third-order valence-corrected chi connectivity index (χ3v) is 3.34. The third kappa shape index (κ3) is 3.39. The minimum absolute atomic E-state index is 0. The number of rotatable bonds is 3. The van der Waals surface area contributed by atoms with E-state index in [-0.39, 0.29) is 12.4 Å². The summed E-state index contributed by atoms with van der Waals surface area (Å²) in [5.41, 5.74) is 5.87. The Labute approximate surface area is 92.6 Å². The molecule has 0 aromatic rings. The summed E-state index contributed by atoms with van der Waals surface area (Å²) in [6.45, 7) is 3.51. The van der Waals surface area contributed by atoms with Crippen LogP contribution >= 0.6 is 12.4 Å². The fraction of sp³-hybridized carbons (Fsp3) is 1.00. The molecule has 1 saturated carbocycles. The van der Waals surface area contributed by atoms with Crippen LogP contribution in [0.25, 0.3) is 0 Å². The van der Waals surface area contributed by atoms with Crippen LogP contribution in [0.2, 0.25) is 0 Å². The molecule has 1 aliphatic heterocycles. The Hall–Kier alpha value is 0.170. The molecule has 3 unspecified atom stereocenters. The molecule has 0 amide bonds. The first-order valence-electron chi connectivity index (χ1n) is 5.54. The van der Waals surface area contributed by atoms with Gasteiger partial charge < -0.3 is 16.4 Å². The molecule has 14 heavy (non-hydrogen) atoms. The van der Waals surface area contributed by atoms with E-state index in [0.29, 0.717) is 6.04 Å². The SMILES string of the molecule is Cl.NC1CCC(CNC2CCNC2)C1. The highest BCUT2D eigenvalue weighted by atomic mass is 35.5. The zero-order valence-electron chi connectivity index (χ0n) is 8.67. The molecule has 84 valence electrons. The van der Waals surface area contributed by atoms with Crippen molar-refractivity contribution in [2.75, 3.05) is 19.6 Å². The maximum atomic E-state index is 5.87. The first-order valence-corrected chi connectivity index (χ1v) is 5.54. The summed E-state index contributed by atoms with van der Waals surface area (Å²) in [7, 11) is 0. The molecule has 0 spiro atoms. The van der Waals surface area contributed by atoms with Crippen molar-refractivity contribution < 1.29 is 0 Å². The molecule has 0 radical (unpaired) electrons. The number of halogens is 1. The molecule has 4 heteroatoms. The predicted octanol–water partition coefficient (Wildman–Crippen LogP) is 0.487. The normalized spacial score (nSPS) is 37.1. The summed E-state index contributed by atoms with van der Waals surface area (Å²) in [6, 6.07) is 1.20. The molecule has 1 heterocycles. The van der Waals surface area contributed by atoms with Crippen molar-refractivity contribution in [3.63, 3.8) is 0 Å². The van der Waals surface area contributed by atoms with Gasteiger partial charge in [-0.15, -0.1) is 12.4 Å². The van der Waals surface area contributed by atoms with Crippen molar-refractivity contribution in [1.82, 2.24) is 10.6 Å². The second-order valence-corrected chi connectivity index (χ2v) is 4.54. The minimum atomic E-state index is 0. The van der Waals surface area contributed by atoms with Gasteiger partial charge in [0.15, 0.2) is 0 Å². The van der Waals surface area contributed by atoms with Crippen LogP contribution in [0.15, 0.2) is 0 Å². The first-order chi connectivity index (χ1) is 6.34. The van der Waals surface area contributed by atoms with Crippen LogP contribution in [0.4, 0.5) is 0 Å². The smallest absolute Gasteiger partial charge is 0.0204 e. The number of hydrogen-bond donors (Lipinski definition) is 3. The van der Waals surface area contributed by atoms with Crippen molar-refractivity contribution in [2.24, 2.45) is 11.7 Å². The summed E-state index contributed by atoms with van der Waals surface area (Å²) >= 11 is 0. The summed E-state index contributed by atoms with van der Waals surface area (Å²) < 4.78 is 0. The molecule has 2 aliphatic rings. The fourth-order valence-corrected chi connectivity index (χ4v) is 2.46. The van der Waals surface area contributed by atoms with Crippen molar-refractivity contribution in [2.45, 2.75) is 37.8 Å². The van der Waals surface area contributed by atoms with E-state index in [1.807, 2.05) is 0 Å². The standard InChI is InChI=1S/C10H21N3.ClH/c11-9-2-1-8(5-9)6-13-10-3-4-12-7-10;/h8-10,12-13H,1-7,11H2;1H. The molecule has 3 nitrogen and oxygen atoms in total. The Morgan fingerprint density at radius 1 is 1.29 bits per heavy atom. The highest BCUT2D eigenvalue weighted by Crippen LogP contribution is 2.23. The van der Waals surface area contributed by atoms with Crippen molar-refractivity contribution >= 4 is 12.4 Å². The zero-order chi connectivity index (χ0) is 9.10. The second-order valence-electron chi connectivity index (χ2n) is 4.54. The van der Waals surface area contributed by atoms with E-state index < -0.39 is 0 Å². The Morgan fingerprint density at radius 3 is 2.71 bits per heavy atom. The molecule has 3 atom stereocenters. The molecule has 0 aromatic heterocycles. The molecule has 4 N–H and O–H groups in total. The lowest BCUT2D eigenvalue weighted by molar-refractivity contribution is 0.440. The topological polar surface area (TPSA) is 50.1 Å². The van der Waals surface area contributed by atoms with Crippen LogP contribution in [0, 0.1) is 5.92 Å². The third-order valence-electron chi connectivity index (χ3n) is 3.34. The Morgan fingerprint density at radius 2 is 2.14 bits per heavy atom. The van der Waals surface area contributed by atoms with Gasteiger partial charge in [-0.05, 0) is 44.7 Å². The van der Waals surface area contributed by atoms with Gasteiger partial charge in [-0.25, -0.2) is 0 Å². The van der Waals surface area contributed by atoms with Gasteiger partial charge in [-0.3, -0.25) is 0 Å². The van der Waals surface area contributed by atoms with Gasteiger partial charge in [0.2, 0.25) is 0 Å². The maximum Gasteiger partial charge on any atom is 0.0204 e. The number of nitrogens with one attached hydrogen (secondary N) is 2. The Bertz CT molecular complexity index is 159. The average Bonchev–Trinajstić information content (AvgIpc) is 2.71. The van der Waals surface area contributed by atoms with E-state index in [1.54, 1.807) is 0 Å². The fourth-order valence-electron chi connectivity index (χ4n) is 2.46. The van der Waals surface area contributed by atoms with Crippen LogP contribution in [-0.4, -0.2) is 31.7 Å². The lowest BCUT2D eigenvalue weighted by Gasteiger charge is -2.15. The average molecular weight is 220 g/mol. The lowest BCUT2D eigenvalue weighted by Crippen LogP contribution is -2.34. The summed E-state index contributed by atoms with van der Waals surface area (Å²) in [5.74, 6) is 0.843. The second kappa shape index (κ2) is 5.91. The lowest BCUT2D eigenvalue weighted by atomic mass is 10.1. The zero-order valence-corrected chi connectivity index (χ0v) is 9.48. The van der Waals surface area contributed by atoms with Crippen molar-refractivity contribution in [3.05, 3.63) is 0 Å². The number of nitrogens with two attached hydrogens (primary N) is 1. The van der Waals surface area contributed by atoms with E-state index in [0.717, 1.165) is 18.5 Å². The minimum Gasteiger partial charge on any atom is -0.328 e. The van der Waals surface area contributed by atoms with Gasteiger partial charge in [0.05, 0.1) is 0 Å². The molecule has 0 aromatic carbocycles.